The highest BCUT2D eigenvalue weighted by Crippen LogP contribution is 2.27. The first-order valence-electron chi connectivity index (χ1n) is 9.33. The lowest BCUT2D eigenvalue weighted by Gasteiger charge is -2.29. The van der Waals surface area contributed by atoms with Gasteiger partial charge < -0.3 is 9.84 Å². The van der Waals surface area contributed by atoms with Gasteiger partial charge in [-0.15, -0.1) is 0 Å². The molecular formula is C19H27F3N2O2. The van der Waals surface area contributed by atoms with Gasteiger partial charge in [0.1, 0.15) is 12.4 Å². The van der Waals surface area contributed by atoms with Crippen LogP contribution in [0.3, 0.4) is 0 Å². The fraction of sp³-hybridized carbons (Fsp3) is 0.684. The molecule has 0 spiro atoms. The van der Waals surface area contributed by atoms with Crippen LogP contribution in [0.4, 0.5) is 13.2 Å². The maximum atomic E-state index is 12.4. The van der Waals surface area contributed by atoms with E-state index in [0.717, 1.165) is 43.8 Å². The number of hydrogen-bond acceptors (Lipinski definition) is 4. The summed E-state index contributed by atoms with van der Waals surface area (Å²) >= 11 is 0. The van der Waals surface area contributed by atoms with Crippen LogP contribution in [0.25, 0.3) is 0 Å². The van der Waals surface area contributed by atoms with Gasteiger partial charge in [0.2, 0.25) is 0 Å². The lowest BCUT2D eigenvalue weighted by molar-refractivity contribution is -0.136. The second-order valence-electron chi connectivity index (χ2n) is 7.29. The first-order valence-corrected chi connectivity index (χ1v) is 9.33. The summed E-state index contributed by atoms with van der Waals surface area (Å²) in [7, 11) is 0. The van der Waals surface area contributed by atoms with Gasteiger partial charge in [-0.3, -0.25) is 9.80 Å². The Balaban J connectivity index is 1.58. The highest BCUT2D eigenvalue weighted by molar-refractivity contribution is 5.38. The molecule has 26 heavy (non-hydrogen) atoms. The van der Waals surface area contributed by atoms with E-state index in [0.29, 0.717) is 26.2 Å². The Labute approximate surface area is 152 Å². The summed E-state index contributed by atoms with van der Waals surface area (Å²) in [4.78, 5) is 4.37. The first kappa shape index (κ1) is 19.5. The monoisotopic (exact) mass is 372 g/mol. The highest BCUT2D eigenvalue weighted by Gasteiger charge is 2.27. The number of halogens is 3. The van der Waals surface area contributed by atoms with E-state index in [1.54, 1.807) is 0 Å². The Morgan fingerprint density at radius 1 is 1.12 bits per heavy atom. The molecule has 2 aliphatic heterocycles. The third-order valence-electron chi connectivity index (χ3n) is 5.08. The van der Waals surface area contributed by atoms with Crippen molar-refractivity contribution in [2.24, 2.45) is 0 Å². The van der Waals surface area contributed by atoms with Crippen molar-refractivity contribution < 1.29 is 23.0 Å². The molecule has 1 aromatic rings. The number of likely N-dealkylation sites (tertiary alicyclic amines) is 1. The van der Waals surface area contributed by atoms with Crippen LogP contribution in [0.2, 0.25) is 0 Å². The molecule has 1 fully saturated rings. The van der Waals surface area contributed by atoms with E-state index in [1.807, 2.05) is 11.0 Å². The summed E-state index contributed by atoms with van der Waals surface area (Å²) in [6, 6.07) is 6.15. The van der Waals surface area contributed by atoms with E-state index < -0.39 is 12.6 Å². The zero-order valence-corrected chi connectivity index (χ0v) is 15.0. The van der Waals surface area contributed by atoms with Crippen molar-refractivity contribution in [3.63, 3.8) is 0 Å². The third kappa shape index (κ3) is 5.86. The van der Waals surface area contributed by atoms with Crippen molar-refractivity contribution in [3.05, 3.63) is 29.3 Å². The average Bonchev–Trinajstić information content (AvgIpc) is 2.77. The van der Waals surface area contributed by atoms with Crippen LogP contribution in [0.5, 0.6) is 5.75 Å². The minimum absolute atomic E-state index is 0.120. The van der Waals surface area contributed by atoms with Gasteiger partial charge in [0.05, 0.1) is 6.10 Å². The highest BCUT2D eigenvalue weighted by atomic mass is 19.4. The zero-order chi connectivity index (χ0) is 18.6. The van der Waals surface area contributed by atoms with Gasteiger partial charge in [-0.25, -0.2) is 0 Å². The molecule has 3 rings (SSSR count). The molecule has 1 N–H and O–H groups in total. The summed E-state index contributed by atoms with van der Waals surface area (Å²) in [5.41, 5.74) is 2.23. The molecule has 2 heterocycles. The predicted molar refractivity (Wildman–Crippen MR) is 93.0 cm³/mol. The van der Waals surface area contributed by atoms with Gasteiger partial charge in [0.15, 0.2) is 0 Å². The normalized spacial score (nSPS) is 20.5. The second kappa shape index (κ2) is 8.59. The number of piperidine rings is 1. The summed E-state index contributed by atoms with van der Waals surface area (Å²) in [5, 5.41) is 9.61. The lowest BCUT2D eigenvalue weighted by atomic mass is 10.1. The number of ether oxygens (including phenoxy) is 1. The standard InChI is InChI=1S/C19H27F3N2O2/c20-19(21,22)6-1-7-23-10-11-26-18-3-2-15(12-16(18)14-23)13-24-8-4-17(25)5-9-24/h2-3,12,17,25H,1,4-11,13-14H2. The van der Waals surface area contributed by atoms with Crippen molar-refractivity contribution in [3.8, 4) is 5.75 Å². The number of benzene rings is 1. The van der Waals surface area contributed by atoms with E-state index in [-0.39, 0.29) is 12.5 Å². The number of aliphatic hydroxyl groups excluding tert-OH is 1. The fourth-order valence-corrected chi connectivity index (χ4v) is 3.63. The molecule has 0 atom stereocenters. The number of hydrogen-bond donors (Lipinski definition) is 1. The molecule has 146 valence electrons. The van der Waals surface area contributed by atoms with Crippen LogP contribution in [0, 0.1) is 0 Å². The van der Waals surface area contributed by atoms with E-state index in [4.69, 9.17) is 4.74 Å². The molecule has 0 amide bonds. The largest absolute Gasteiger partial charge is 0.492 e. The Morgan fingerprint density at radius 2 is 1.88 bits per heavy atom. The summed E-state index contributed by atoms with van der Waals surface area (Å²) in [6.07, 6.45) is -3.28. The number of rotatable bonds is 5. The predicted octanol–water partition coefficient (Wildman–Crippen LogP) is 3.18. The van der Waals surface area contributed by atoms with E-state index in [2.05, 4.69) is 17.0 Å². The second-order valence-corrected chi connectivity index (χ2v) is 7.29. The maximum absolute atomic E-state index is 12.4. The molecule has 4 nitrogen and oxygen atoms in total. The summed E-state index contributed by atoms with van der Waals surface area (Å²) in [6.45, 7) is 4.80. The molecule has 1 saturated heterocycles. The summed E-state index contributed by atoms with van der Waals surface area (Å²) < 4.78 is 42.9. The number of nitrogens with zero attached hydrogens (tertiary/aromatic N) is 2. The van der Waals surface area contributed by atoms with Crippen molar-refractivity contribution in [2.75, 3.05) is 32.8 Å². The van der Waals surface area contributed by atoms with Gasteiger partial charge in [0, 0.05) is 44.7 Å². The smallest absolute Gasteiger partial charge is 0.389 e. The zero-order valence-electron chi connectivity index (χ0n) is 15.0. The van der Waals surface area contributed by atoms with Gasteiger partial charge in [0.25, 0.3) is 0 Å². The molecule has 1 aromatic carbocycles. The van der Waals surface area contributed by atoms with Crippen LogP contribution < -0.4 is 4.74 Å². The van der Waals surface area contributed by atoms with Gasteiger partial charge in [-0.05, 0) is 43.5 Å². The summed E-state index contributed by atoms with van der Waals surface area (Å²) in [5.74, 6) is 0.834. The van der Waals surface area contributed by atoms with E-state index in [9.17, 15) is 18.3 Å². The topological polar surface area (TPSA) is 35.9 Å². The quantitative estimate of drug-likeness (QED) is 0.861. The van der Waals surface area contributed by atoms with Gasteiger partial charge >= 0.3 is 6.18 Å². The number of fused-ring (bicyclic) bond motifs is 1. The van der Waals surface area contributed by atoms with E-state index in [1.165, 1.54) is 5.56 Å². The number of alkyl halides is 3. The fourth-order valence-electron chi connectivity index (χ4n) is 3.63. The lowest BCUT2D eigenvalue weighted by Crippen LogP contribution is -2.35. The van der Waals surface area contributed by atoms with Crippen LogP contribution in [0.15, 0.2) is 18.2 Å². The maximum Gasteiger partial charge on any atom is 0.389 e. The Hall–Kier alpha value is -1.31. The molecule has 7 heteroatoms. The van der Waals surface area contributed by atoms with Gasteiger partial charge in [-0.1, -0.05) is 6.07 Å². The number of aliphatic hydroxyl groups is 1. The van der Waals surface area contributed by atoms with Crippen molar-refractivity contribution in [1.29, 1.82) is 0 Å². The molecule has 2 aliphatic rings. The van der Waals surface area contributed by atoms with Crippen molar-refractivity contribution in [2.45, 2.75) is 51.1 Å². The molecule has 0 aromatic heterocycles. The molecule has 0 saturated carbocycles. The minimum atomic E-state index is -4.09. The molecule has 0 radical (unpaired) electrons. The van der Waals surface area contributed by atoms with E-state index >= 15 is 0 Å². The first-order chi connectivity index (χ1) is 12.4. The van der Waals surface area contributed by atoms with Crippen LogP contribution in [-0.4, -0.2) is 60.0 Å². The Morgan fingerprint density at radius 3 is 2.62 bits per heavy atom. The molecular weight excluding hydrogens is 345 g/mol. The van der Waals surface area contributed by atoms with Crippen molar-refractivity contribution in [1.82, 2.24) is 9.80 Å². The molecule has 0 unspecified atom stereocenters. The molecule has 0 bridgehead atoms. The Bertz CT molecular complexity index is 587. The Kier molecular flexibility index (Phi) is 6.42. The SMILES string of the molecule is OC1CCN(Cc2ccc3c(c2)CN(CCCC(F)(F)F)CCO3)CC1. The van der Waals surface area contributed by atoms with Gasteiger partial charge in [-0.2, -0.15) is 13.2 Å². The van der Waals surface area contributed by atoms with Crippen LogP contribution in [-0.2, 0) is 13.1 Å². The van der Waals surface area contributed by atoms with Crippen molar-refractivity contribution >= 4 is 0 Å². The van der Waals surface area contributed by atoms with Crippen LogP contribution >= 0.6 is 0 Å². The average molecular weight is 372 g/mol. The third-order valence-corrected chi connectivity index (χ3v) is 5.08. The molecule has 0 aliphatic carbocycles. The van der Waals surface area contributed by atoms with Crippen LogP contribution in [0.1, 0.15) is 36.8 Å². The minimum Gasteiger partial charge on any atom is -0.492 e.